The van der Waals surface area contributed by atoms with E-state index in [4.69, 9.17) is 0 Å². The zero-order valence-electron chi connectivity index (χ0n) is 8.20. The molecule has 0 saturated heterocycles. The van der Waals surface area contributed by atoms with E-state index in [9.17, 15) is 5.11 Å². The SMILES string of the molecule is CC(CCCC[O])c1ccccc1. The van der Waals surface area contributed by atoms with Crippen molar-refractivity contribution in [2.75, 3.05) is 6.61 Å². The van der Waals surface area contributed by atoms with Gasteiger partial charge >= 0.3 is 0 Å². The predicted octanol–water partition coefficient (Wildman–Crippen LogP) is 3.39. The quantitative estimate of drug-likeness (QED) is 0.614. The van der Waals surface area contributed by atoms with Crippen LogP contribution in [0.1, 0.15) is 37.7 Å². The molecule has 0 N–H and O–H groups in total. The highest BCUT2D eigenvalue weighted by Crippen LogP contribution is 2.20. The third kappa shape index (κ3) is 3.60. The van der Waals surface area contributed by atoms with E-state index in [1.54, 1.807) is 0 Å². The van der Waals surface area contributed by atoms with Crippen molar-refractivity contribution < 1.29 is 5.11 Å². The summed E-state index contributed by atoms with van der Waals surface area (Å²) in [6, 6.07) is 10.5. The second-order valence-electron chi connectivity index (χ2n) is 3.51. The Labute approximate surface area is 80.4 Å². The van der Waals surface area contributed by atoms with E-state index in [1.807, 2.05) is 6.07 Å². The molecule has 0 aliphatic heterocycles. The van der Waals surface area contributed by atoms with Gasteiger partial charge in [0.15, 0.2) is 0 Å². The lowest BCUT2D eigenvalue weighted by Gasteiger charge is -2.10. The van der Waals surface area contributed by atoms with Crippen LogP contribution in [0.15, 0.2) is 30.3 Å². The minimum Gasteiger partial charge on any atom is -0.237 e. The van der Waals surface area contributed by atoms with Crippen molar-refractivity contribution in [2.45, 2.75) is 32.1 Å². The molecule has 1 heteroatoms. The Bertz CT molecular complexity index is 218. The Morgan fingerprint density at radius 1 is 1.15 bits per heavy atom. The maximum absolute atomic E-state index is 10.2. The summed E-state index contributed by atoms with van der Waals surface area (Å²) >= 11 is 0. The molecule has 71 valence electrons. The first-order valence-electron chi connectivity index (χ1n) is 4.97. The van der Waals surface area contributed by atoms with E-state index in [-0.39, 0.29) is 6.61 Å². The monoisotopic (exact) mass is 177 g/mol. The molecule has 1 rings (SSSR count). The molecule has 0 bridgehead atoms. The largest absolute Gasteiger partial charge is 0.237 e. The first kappa shape index (κ1) is 10.3. The second-order valence-corrected chi connectivity index (χ2v) is 3.51. The molecule has 0 aliphatic carbocycles. The average molecular weight is 177 g/mol. The third-order valence-electron chi connectivity index (χ3n) is 2.40. The minimum atomic E-state index is 0.0709. The van der Waals surface area contributed by atoms with Crippen LogP contribution in [0, 0.1) is 0 Å². The molecule has 1 radical (unpaired) electrons. The van der Waals surface area contributed by atoms with Crippen LogP contribution in [0.2, 0.25) is 0 Å². The number of hydrogen-bond acceptors (Lipinski definition) is 0. The molecular weight excluding hydrogens is 160 g/mol. The molecule has 1 unspecified atom stereocenters. The molecule has 0 aromatic heterocycles. The van der Waals surface area contributed by atoms with Gasteiger partial charge in [0.05, 0.1) is 6.61 Å². The van der Waals surface area contributed by atoms with Crippen molar-refractivity contribution in [1.29, 1.82) is 0 Å². The van der Waals surface area contributed by atoms with Gasteiger partial charge in [-0.25, -0.2) is 5.11 Å². The predicted molar refractivity (Wildman–Crippen MR) is 54.3 cm³/mol. The first-order chi connectivity index (χ1) is 6.34. The summed E-state index contributed by atoms with van der Waals surface area (Å²) in [5.74, 6) is 0.591. The molecule has 0 heterocycles. The van der Waals surface area contributed by atoms with Crippen molar-refractivity contribution in [3.8, 4) is 0 Å². The van der Waals surface area contributed by atoms with Crippen LogP contribution in [0.5, 0.6) is 0 Å². The topological polar surface area (TPSA) is 19.9 Å². The molecule has 0 spiro atoms. The van der Waals surface area contributed by atoms with Crippen LogP contribution in [0.4, 0.5) is 0 Å². The lowest BCUT2D eigenvalue weighted by Crippen LogP contribution is -1.93. The summed E-state index contributed by atoms with van der Waals surface area (Å²) in [5, 5.41) is 10.2. The summed E-state index contributed by atoms with van der Waals surface area (Å²) < 4.78 is 0. The van der Waals surface area contributed by atoms with Crippen LogP contribution < -0.4 is 0 Å². The van der Waals surface area contributed by atoms with E-state index >= 15 is 0 Å². The number of hydrogen-bond donors (Lipinski definition) is 0. The van der Waals surface area contributed by atoms with Crippen LogP contribution in [0.25, 0.3) is 0 Å². The molecule has 1 atom stereocenters. The average Bonchev–Trinajstić information content (AvgIpc) is 2.19. The Balaban J connectivity index is 2.35. The van der Waals surface area contributed by atoms with Gasteiger partial charge in [0.1, 0.15) is 0 Å². The first-order valence-corrected chi connectivity index (χ1v) is 4.97. The van der Waals surface area contributed by atoms with E-state index in [0.717, 1.165) is 19.3 Å². The Morgan fingerprint density at radius 3 is 2.46 bits per heavy atom. The fourth-order valence-corrected chi connectivity index (χ4v) is 1.50. The zero-order valence-corrected chi connectivity index (χ0v) is 8.20. The molecular formula is C12H17O. The summed E-state index contributed by atoms with van der Waals surface area (Å²) in [4.78, 5) is 0. The Kier molecular flexibility index (Phi) is 4.55. The Hall–Kier alpha value is -0.820. The smallest absolute Gasteiger partial charge is 0.0822 e. The summed E-state index contributed by atoms with van der Waals surface area (Å²) in [6.45, 7) is 2.29. The molecule has 13 heavy (non-hydrogen) atoms. The summed E-state index contributed by atoms with van der Waals surface area (Å²) in [7, 11) is 0. The van der Waals surface area contributed by atoms with Gasteiger partial charge in [-0.15, -0.1) is 0 Å². The van der Waals surface area contributed by atoms with Crippen LogP contribution in [0.3, 0.4) is 0 Å². The van der Waals surface area contributed by atoms with Crippen molar-refractivity contribution in [3.05, 3.63) is 35.9 Å². The van der Waals surface area contributed by atoms with Crippen molar-refractivity contribution in [2.24, 2.45) is 0 Å². The van der Waals surface area contributed by atoms with Crippen molar-refractivity contribution in [1.82, 2.24) is 0 Å². The highest BCUT2D eigenvalue weighted by Gasteiger charge is 2.03. The molecule has 1 aromatic rings. The highest BCUT2D eigenvalue weighted by molar-refractivity contribution is 5.18. The minimum absolute atomic E-state index is 0.0709. The molecule has 0 fully saturated rings. The second kappa shape index (κ2) is 5.76. The van der Waals surface area contributed by atoms with Gasteiger partial charge in [-0.1, -0.05) is 43.7 Å². The summed E-state index contributed by atoms with van der Waals surface area (Å²) in [6.07, 6.45) is 3.00. The molecule has 0 saturated carbocycles. The van der Waals surface area contributed by atoms with Gasteiger partial charge in [0, 0.05) is 0 Å². The van der Waals surface area contributed by atoms with Gasteiger partial charge in [-0.3, -0.25) is 0 Å². The normalized spacial score (nSPS) is 12.8. The third-order valence-corrected chi connectivity index (χ3v) is 2.40. The van der Waals surface area contributed by atoms with E-state index in [0.29, 0.717) is 5.92 Å². The van der Waals surface area contributed by atoms with E-state index < -0.39 is 0 Å². The van der Waals surface area contributed by atoms with Gasteiger partial charge < -0.3 is 0 Å². The zero-order chi connectivity index (χ0) is 9.52. The molecule has 1 nitrogen and oxygen atoms in total. The van der Waals surface area contributed by atoms with Gasteiger partial charge in [-0.05, 0) is 24.3 Å². The van der Waals surface area contributed by atoms with Gasteiger partial charge in [0.2, 0.25) is 0 Å². The maximum atomic E-state index is 10.2. The number of benzene rings is 1. The summed E-state index contributed by atoms with van der Waals surface area (Å²) in [5.41, 5.74) is 1.38. The molecule has 0 amide bonds. The maximum Gasteiger partial charge on any atom is 0.0822 e. The van der Waals surface area contributed by atoms with Crippen LogP contribution in [-0.4, -0.2) is 6.61 Å². The van der Waals surface area contributed by atoms with Crippen LogP contribution >= 0.6 is 0 Å². The number of unbranched alkanes of at least 4 members (excludes halogenated alkanes) is 1. The van der Waals surface area contributed by atoms with Crippen molar-refractivity contribution >= 4 is 0 Å². The molecule has 0 aliphatic rings. The standard InChI is InChI=1S/C12H17O/c1-11(7-5-6-10-13)12-8-3-2-4-9-12/h2-4,8-9,11H,5-7,10H2,1H3. The van der Waals surface area contributed by atoms with E-state index in [1.165, 1.54) is 5.56 Å². The van der Waals surface area contributed by atoms with Crippen LogP contribution in [-0.2, 0) is 5.11 Å². The fourth-order valence-electron chi connectivity index (χ4n) is 1.50. The molecule has 1 aromatic carbocycles. The number of rotatable bonds is 5. The fraction of sp³-hybridized carbons (Fsp3) is 0.500. The lowest BCUT2D eigenvalue weighted by molar-refractivity contribution is 0.185. The van der Waals surface area contributed by atoms with Crippen molar-refractivity contribution in [3.63, 3.8) is 0 Å². The lowest BCUT2D eigenvalue weighted by atomic mass is 9.96. The van der Waals surface area contributed by atoms with E-state index in [2.05, 4.69) is 31.2 Å². The van der Waals surface area contributed by atoms with Gasteiger partial charge in [0.25, 0.3) is 0 Å². The highest BCUT2D eigenvalue weighted by atomic mass is 16.2. The van der Waals surface area contributed by atoms with Gasteiger partial charge in [-0.2, -0.15) is 0 Å². The Morgan fingerprint density at radius 2 is 1.85 bits per heavy atom.